The topological polar surface area (TPSA) is 105 Å². The van der Waals surface area contributed by atoms with Crippen LogP contribution in [0.3, 0.4) is 0 Å². The summed E-state index contributed by atoms with van der Waals surface area (Å²) in [5.74, 6) is -0.685. The molecular formula is C29H39FN4O4. The lowest BCUT2D eigenvalue weighted by atomic mass is 10.0. The average Bonchev–Trinajstić information content (AvgIpc) is 3.56. The summed E-state index contributed by atoms with van der Waals surface area (Å²) < 4.78 is 14.5. The van der Waals surface area contributed by atoms with Crippen molar-refractivity contribution in [2.75, 3.05) is 32.7 Å². The van der Waals surface area contributed by atoms with Crippen LogP contribution in [0.1, 0.15) is 47.2 Å². The molecule has 8 nitrogen and oxygen atoms in total. The Balaban J connectivity index is 1.42. The van der Waals surface area contributed by atoms with Crippen LogP contribution >= 0.6 is 0 Å². The van der Waals surface area contributed by atoms with Gasteiger partial charge in [0.15, 0.2) is 0 Å². The van der Waals surface area contributed by atoms with Crippen LogP contribution in [0.5, 0.6) is 5.75 Å². The largest absolute Gasteiger partial charge is 0.508 e. The Morgan fingerprint density at radius 2 is 1.84 bits per heavy atom. The van der Waals surface area contributed by atoms with E-state index < -0.39 is 30.4 Å². The molecule has 2 heterocycles. The maximum Gasteiger partial charge on any atom is 0.251 e. The molecule has 1 unspecified atom stereocenters. The van der Waals surface area contributed by atoms with Gasteiger partial charge in [-0.3, -0.25) is 14.9 Å². The second kappa shape index (κ2) is 13.2. The molecule has 0 radical (unpaired) electrons. The fourth-order valence-corrected chi connectivity index (χ4v) is 5.45. The van der Waals surface area contributed by atoms with Crippen LogP contribution in [0.15, 0.2) is 48.5 Å². The molecule has 0 aromatic heterocycles. The van der Waals surface area contributed by atoms with Crippen LogP contribution < -0.4 is 10.6 Å². The zero-order valence-electron chi connectivity index (χ0n) is 22.0. The second-order valence-corrected chi connectivity index (χ2v) is 10.4. The Bertz CT molecular complexity index is 1080. The lowest BCUT2D eigenvalue weighted by Gasteiger charge is -2.31. The van der Waals surface area contributed by atoms with Crippen molar-refractivity contribution in [3.05, 3.63) is 65.2 Å². The van der Waals surface area contributed by atoms with Crippen molar-refractivity contribution < 1.29 is 24.2 Å². The Hall–Kier alpha value is -3.01. The van der Waals surface area contributed by atoms with E-state index in [1.807, 2.05) is 30.3 Å². The lowest BCUT2D eigenvalue weighted by molar-refractivity contribution is -0.135. The van der Waals surface area contributed by atoms with Gasteiger partial charge in [0.2, 0.25) is 5.91 Å². The maximum atomic E-state index is 14.5. The Morgan fingerprint density at radius 1 is 1.11 bits per heavy atom. The molecule has 2 aromatic carbocycles. The van der Waals surface area contributed by atoms with Gasteiger partial charge in [-0.15, -0.1) is 0 Å². The third-order valence-corrected chi connectivity index (χ3v) is 7.59. The predicted octanol–water partition coefficient (Wildman–Crippen LogP) is 2.37. The monoisotopic (exact) mass is 526 g/mol. The van der Waals surface area contributed by atoms with Gasteiger partial charge in [0, 0.05) is 43.1 Å². The van der Waals surface area contributed by atoms with Gasteiger partial charge in [0.25, 0.3) is 5.91 Å². The summed E-state index contributed by atoms with van der Waals surface area (Å²) in [5.41, 5.74) is 1.73. The van der Waals surface area contributed by atoms with Gasteiger partial charge in [0.05, 0.1) is 12.6 Å². The molecular weight excluding hydrogens is 487 g/mol. The molecule has 2 aliphatic rings. The number of nitrogens with one attached hydrogen (secondary N) is 2. The highest BCUT2D eigenvalue weighted by Crippen LogP contribution is 2.25. The summed E-state index contributed by atoms with van der Waals surface area (Å²) in [6.07, 6.45) is 0.565. The van der Waals surface area contributed by atoms with Crippen LogP contribution in [-0.2, 0) is 11.2 Å². The molecule has 2 aliphatic heterocycles. The first kappa shape index (κ1) is 28.0. The number of likely N-dealkylation sites (tertiary alicyclic amines) is 2. The number of phenols is 1. The minimum Gasteiger partial charge on any atom is -0.508 e. The number of rotatable bonds is 11. The number of phenolic OH excluding ortho intramolecular Hbond substituents is 1. The molecule has 0 saturated carbocycles. The molecule has 4 atom stereocenters. The number of aliphatic hydroxyl groups excluding tert-OH is 1. The highest BCUT2D eigenvalue weighted by atomic mass is 19.1. The smallest absolute Gasteiger partial charge is 0.251 e. The maximum absolute atomic E-state index is 14.5. The van der Waals surface area contributed by atoms with E-state index in [4.69, 9.17) is 0 Å². The lowest BCUT2D eigenvalue weighted by Crippen LogP contribution is -2.51. The Morgan fingerprint density at radius 3 is 2.58 bits per heavy atom. The third-order valence-electron chi connectivity index (χ3n) is 7.59. The number of aliphatic hydroxyl groups is 1. The quantitative estimate of drug-likeness (QED) is 0.335. The summed E-state index contributed by atoms with van der Waals surface area (Å²) in [4.78, 5) is 30.3. The molecule has 38 heavy (non-hydrogen) atoms. The van der Waals surface area contributed by atoms with E-state index in [1.165, 1.54) is 23.8 Å². The van der Waals surface area contributed by atoms with Crippen molar-refractivity contribution in [2.24, 2.45) is 0 Å². The fourth-order valence-electron chi connectivity index (χ4n) is 5.45. The standard InChI is InChI=1S/C29H39FN4O4/c1-20-24(10-7-11-26(20)35)28(37)32-23(16-21-8-3-2-4-9-21)18-27(36)34-19-22(30)17-25(34)29(38)31-12-15-33-13-5-6-14-33/h2-4,7-11,22-23,25,29,31,35,38H,5-6,12-19H2,1H3,(H,32,37)/t22-,23-,25-,29?/m0/s1. The van der Waals surface area contributed by atoms with Crippen molar-refractivity contribution in [1.82, 2.24) is 20.4 Å². The van der Waals surface area contributed by atoms with Crippen molar-refractivity contribution in [3.8, 4) is 5.75 Å². The Kier molecular flexibility index (Phi) is 9.71. The normalized spacial score (nSPS) is 21.4. The number of amides is 2. The highest BCUT2D eigenvalue weighted by Gasteiger charge is 2.40. The summed E-state index contributed by atoms with van der Waals surface area (Å²) in [5, 5.41) is 26.8. The van der Waals surface area contributed by atoms with Crippen molar-refractivity contribution in [2.45, 2.75) is 63.5 Å². The number of hydrogen-bond acceptors (Lipinski definition) is 6. The average molecular weight is 527 g/mol. The fraction of sp³-hybridized carbons (Fsp3) is 0.517. The van der Waals surface area contributed by atoms with Crippen LogP contribution in [-0.4, -0.2) is 89.0 Å². The van der Waals surface area contributed by atoms with Gasteiger partial charge < -0.3 is 25.3 Å². The summed E-state index contributed by atoms with van der Waals surface area (Å²) >= 11 is 0. The molecule has 2 fully saturated rings. The molecule has 2 aromatic rings. The minimum absolute atomic E-state index is 0.0217. The number of nitrogens with zero attached hydrogens (tertiary/aromatic N) is 2. The van der Waals surface area contributed by atoms with Gasteiger partial charge in [0.1, 0.15) is 18.1 Å². The van der Waals surface area contributed by atoms with E-state index >= 15 is 0 Å². The predicted molar refractivity (Wildman–Crippen MR) is 144 cm³/mol. The van der Waals surface area contributed by atoms with E-state index in [9.17, 15) is 24.2 Å². The Labute approximate surface area is 223 Å². The van der Waals surface area contributed by atoms with Crippen LogP contribution in [0, 0.1) is 6.92 Å². The zero-order chi connectivity index (χ0) is 27.1. The van der Waals surface area contributed by atoms with E-state index in [-0.39, 0.29) is 31.0 Å². The van der Waals surface area contributed by atoms with Gasteiger partial charge >= 0.3 is 0 Å². The number of aromatic hydroxyl groups is 1. The van der Waals surface area contributed by atoms with E-state index in [2.05, 4.69) is 15.5 Å². The van der Waals surface area contributed by atoms with Gasteiger partial charge in [-0.25, -0.2) is 4.39 Å². The molecule has 206 valence electrons. The number of carbonyl (C=O) groups excluding carboxylic acids is 2. The van der Waals surface area contributed by atoms with Gasteiger partial charge in [-0.2, -0.15) is 0 Å². The van der Waals surface area contributed by atoms with Gasteiger partial charge in [-0.1, -0.05) is 36.4 Å². The van der Waals surface area contributed by atoms with Crippen molar-refractivity contribution >= 4 is 11.8 Å². The summed E-state index contributed by atoms with van der Waals surface area (Å²) in [7, 11) is 0. The van der Waals surface area contributed by atoms with Crippen LogP contribution in [0.2, 0.25) is 0 Å². The summed E-state index contributed by atoms with van der Waals surface area (Å²) in [6.45, 7) is 5.05. The van der Waals surface area contributed by atoms with E-state index in [0.29, 0.717) is 24.1 Å². The molecule has 4 rings (SSSR count). The number of halogens is 1. The molecule has 2 amide bonds. The number of carbonyl (C=O) groups is 2. The SMILES string of the molecule is Cc1c(O)cccc1C(=O)N[C@H](CC(=O)N1C[C@@H](F)C[C@H]1C(O)NCCN1CCCC1)Cc1ccccc1. The van der Waals surface area contributed by atoms with Crippen LogP contribution in [0.4, 0.5) is 4.39 Å². The molecule has 4 N–H and O–H groups in total. The van der Waals surface area contributed by atoms with Crippen molar-refractivity contribution in [1.29, 1.82) is 0 Å². The highest BCUT2D eigenvalue weighted by molar-refractivity contribution is 5.96. The van der Waals surface area contributed by atoms with Crippen molar-refractivity contribution in [3.63, 3.8) is 0 Å². The molecule has 2 saturated heterocycles. The van der Waals surface area contributed by atoms with E-state index in [0.717, 1.165) is 25.2 Å². The molecule has 9 heteroatoms. The second-order valence-electron chi connectivity index (χ2n) is 10.4. The number of benzene rings is 2. The first-order valence-corrected chi connectivity index (χ1v) is 13.5. The number of hydrogen-bond donors (Lipinski definition) is 4. The molecule has 0 spiro atoms. The van der Waals surface area contributed by atoms with Gasteiger partial charge in [-0.05, 0) is 57.0 Å². The summed E-state index contributed by atoms with van der Waals surface area (Å²) in [6, 6.07) is 13.0. The molecule has 0 aliphatic carbocycles. The van der Waals surface area contributed by atoms with Crippen LogP contribution in [0.25, 0.3) is 0 Å². The minimum atomic E-state index is -1.21. The number of alkyl halides is 1. The first-order chi connectivity index (χ1) is 18.3. The first-order valence-electron chi connectivity index (χ1n) is 13.5. The zero-order valence-corrected chi connectivity index (χ0v) is 22.0. The molecule has 0 bridgehead atoms. The third kappa shape index (κ3) is 7.30. The van der Waals surface area contributed by atoms with E-state index in [1.54, 1.807) is 19.1 Å².